The van der Waals surface area contributed by atoms with Gasteiger partial charge in [0.1, 0.15) is 17.5 Å². The summed E-state index contributed by atoms with van der Waals surface area (Å²) < 4.78 is 0. The normalized spacial score (nSPS) is 11.3. The first-order valence-electron chi connectivity index (χ1n) is 5.78. The van der Waals surface area contributed by atoms with Crippen LogP contribution in [0, 0.1) is 6.92 Å². The lowest BCUT2D eigenvalue weighted by atomic mass is 10.1. The second-order valence-electron chi connectivity index (χ2n) is 4.99. The lowest BCUT2D eigenvalue weighted by Crippen LogP contribution is -2.27. The summed E-state index contributed by atoms with van der Waals surface area (Å²) in [6, 6.07) is 1.95. The van der Waals surface area contributed by atoms with E-state index in [0.29, 0.717) is 0 Å². The summed E-state index contributed by atoms with van der Waals surface area (Å²) in [5.74, 6) is 2.55. The van der Waals surface area contributed by atoms with Gasteiger partial charge < -0.3 is 10.6 Å². The number of hydrogen-bond donors (Lipinski definition) is 2. The number of aryl methyl sites for hydroxylation is 1. The molecule has 0 atom stereocenters. The van der Waals surface area contributed by atoms with Gasteiger partial charge in [0.25, 0.3) is 0 Å². The van der Waals surface area contributed by atoms with Crippen molar-refractivity contribution >= 4 is 11.6 Å². The van der Waals surface area contributed by atoms with E-state index in [1.165, 1.54) is 0 Å². The lowest BCUT2D eigenvalue weighted by molar-refractivity contribution is 0.629. The first kappa shape index (κ1) is 12.7. The van der Waals surface area contributed by atoms with Gasteiger partial charge in [0, 0.05) is 18.2 Å². The van der Waals surface area contributed by atoms with Crippen LogP contribution in [0.1, 0.15) is 39.9 Å². The molecule has 0 aliphatic rings. The fourth-order valence-electron chi connectivity index (χ4n) is 1.36. The number of rotatable bonds is 4. The number of aromatic nitrogens is 2. The molecular formula is C12H22N4. The van der Waals surface area contributed by atoms with Crippen molar-refractivity contribution < 1.29 is 0 Å². The van der Waals surface area contributed by atoms with Gasteiger partial charge in [-0.3, -0.25) is 0 Å². The fourth-order valence-corrected chi connectivity index (χ4v) is 1.36. The van der Waals surface area contributed by atoms with E-state index in [-0.39, 0.29) is 5.54 Å². The van der Waals surface area contributed by atoms with Gasteiger partial charge >= 0.3 is 0 Å². The van der Waals surface area contributed by atoms with Gasteiger partial charge in [0.2, 0.25) is 0 Å². The van der Waals surface area contributed by atoms with E-state index in [0.717, 1.165) is 30.4 Å². The molecule has 0 spiro atoms. The minimum Gasteiger partial charge on any atom is -0.370 e. The van der Waals surface area contributed by atoms with Crippen molar-refractivity contribution in [3.05, 3.63) is 11.9 Å². The molecule has 0 amide bonds. The summed E-state index contributed by atoms with van der Waals surface area (Å²) in [5.41, 5.74) is 0.0167. The van der Waals surface area contributed by atoms with Gasteiger partial charge in [-0.15, -0.1) is 0 Å². The lowest BCUT2D eigenvalue weighted by Gasteiger charge is -2.21. The van der Waals surface area contributed by atoms with E-state index in [4.69, 9.17) is 0 Å². The Hall–Kier alpha value is -1.32. The zero-order chi connectivity index (χ0) is 12.2. The molecule has 1 rings (SSSR count). The Morgan fingerprint density at radius 3 is 2.38 bits per heavy atom. The van der Waals surface area contributed by atoms with Gasteiger partial charge in [0.05, 0.1) is 0 Å². The molecule has 4 heteroatoms. The summed E-state index contributed by atoms with van der Waals surface area (Å²) in [4.78, 5) is 8.70. The Morgan fingerprint density at radius 1 is 1.19 bits per heavy atom. The monoisotopic (exact) mass is 222 g/mol. The Bertz CT molecular complexity index is 341. The highest BCUT2D eigenvalue weighted by Gasteiger charge is 2.11. The van der Waals surface area contributed by atoms with Crippen LogP contribution in [0.25, 0.3) is 0 Å². The highest BCUT2D eigenvalue weighted by Crippen LogP contribution is 2.15. The van der Waals surface area contributed by atoms with Crippen molar-refractivity contribution in [1.82, 2.24) is 9.97 Å². The SMILES string of the molecule is CCCNc1cc(NC(C)(C)C)nc(C)n1. The van der Waals surface area contributed by atoms with Crippen molar-refractivity contribution in [1.29, 1.82) is 0 Å². The molecule has 0 aliphatic heterocycles. The number of nitrogens with one attached hydrogen (secondary N) is 2. The molecule has 0 saturated carbocycles. The van der Waals surface area contributed by atoms with Crippen LogP contribution in [-0.4, -0.2) is 22.1 Å². The topological polar surface area (TPSA) is 49.8 Å². The Labute approximate surface area is 97.9 Å². The average molecular weight is 222 g/mol. The molecule has 16 heavy (non-hydrogen) atoms. The molecule has 2 N–H and O–H groups in total. The maximum atomic E-state index is 4.37. The summed E-state index contributed by atoms with van der Waals surface area (Å²) in [7, 11) is 0. The molecule has 0 radical (unpaired) electrons. The largest absolute Gasteiger partial charge is 0.370 e. The first-order valence-corrected chi connectivity index (χ1v) is 5.78. The molecule has 4 nitrogen and oxygen atoms in total. The van der Waals surface area contributed by atoms with Crippen molar-refractivity contribution in [3.63, 3.8) is 0 Å². The predicted octanol–water partition coefficient (Wildman–Crippen LogP) is 2.82. The second-order valence-corrected chi connectivity index (χ2v) is 4.99. The van der Waals surface area contributed by atoms with Crippen LogP contribution in [0.2, 0.25) is 0 Å². The van der Waals surface area contributed by atoms with Crippen molar-refractivity contribution in [2.45, 2.75) is 46.6 Å². The third-order valence-corrected chi connectivity index (χ3v) is 1.90. The maximum Gasteiger partial charge on any atom is 0.132 e. The van der Waals surface area contributed by atoms with Crippen LogP contribution < -0.4 is 10.6 Å². The summed E-state index contributed by atoms with van der Waals surface area (Å²) in [6.07, 6.45) is 1.09. The Kier molecular flexibility index (Phi) is 4.10. The number of nitrogens with zero attached hydrogens (tertiary/aromatic N) is 2. The fraction of sp³-hybridized carbons (Fsp3) is 0.667. The Morgan fingerprint density at radius 2 is 1.81 bits per heavy atom. The highest BCUT2D eigenvalue weighted by molar-refractivity contribution is 5.48. The standard InChI is InChI=1S/C12H22N4/c1-6-7-13-10-8-11(15-9(2)14-10)16-12(3,4)5/h8H,6-7H2,1-5H3,(H2,13,14,15,16). The molecule has 0 aromatic carbocycles. The van der Waals surface area contributed by atoms with Crippen molar-refractivity contribution in [2.75, 3.05) is 17.2 Å². The summed E-state index contributed by atoms with van der Waals surface area (Å²) in [6.45, 7) is 11.3. The van der Waals surface area contributed by atoms with E-state index in [2.05, 4.69) is 48.3 Å². The molecule has 0 aliphatic carbocycles. The minimum absolute atomic E-state index is 0.0167. The molecule has 1 heterocycles. The van der Waals surface area contributed by atoms with E-state index in [1.807, 2.05) is 13.0 Å². The van der Waals surface area contributed by atoms with Gasteiger partial charge in [-0.05, 0) is 34.1 Å². The van der Waals surface area contributed by atoms with Crippen LogP contribution in [-0.2, 0) is 0 Å². The third kappa shape index (κ3) is 4.47. The van der Waals surface area contributed by atoms with Crippen molar-refractivity contribution in [3.8, 4) is 0 Å². The zero-order valence-corrected chi connectivity index (χ0v) is 10.9. The van der Waals surface area contributed by atoms with Crippen molar-refractivity contribution in [2.24, 2.45) is 0 Å². The molecule has 1 aromatic heterocycles. The smallest absolute Gasteiger partial charge is 0.132 e. The van der Waals surface area contributed by atoms with Gasteiger partial charge in [-0.2, -0.15) is 0 Å². The molecule has 0 saturated heterocycles. The first-order chi connectivity index (χ1) is 7.40. The minimum atomic E-state index is 0.0167. The van der Waals surface area contributed by atoms with Crippen LogP contribution in [0.15, 0.2) is 6.07 Å². The second kappa shape index (κ2) is 5.14. The quantitative estimate of drug-likeness (QED) is 0.822. The van der Waals surface area contributed by atoms with E-state index in [9.17, 15) is 0 Å². The molecule has 0 fully saturated rings. The number of anilines is 2. The van der Waals surface area contributed by atoms with Gasteiger partial charge in [-0.25, -0.2) is 9.97 Å². The van der Waals surface area contributed by atoms with Gasteiger partial charge in [-0.1, -0.05) is 6.92 Å². The predicted molar refractivity (Wildman–Crippen MR) is 68.9 cm³/mol. The van der Waals surface area contributed by atoms with Crippen LogP contribution in [0.4, 0.5) is 11.6 Å². The van der Waals surface area contributed by atoms with E-state index < -0.39 is 0 Å². The number of hydrogen-bond acceptors (Lipinski definition) is 4. The summed E-state index contributed by atoms with van der Waals surface area (Å²) in [5, 5.41) is 6.62. The van der Waals surface area contributed by atoms with Crippen LogP contribution in [0.5, 0.6) is 0 Å². The molecule has 0 unspecified atom stereocenters. The molecule has 1 aromatic rings. The molecular weight excluding hydrogens is 200 g/mol. The average Bonchev–Trinajstić information content (AvgIpc) is 2.10. The van der Waals surface area contributed by atoms with E-state index in [1.54, 1.807) is 0 Å². The third-order valence-electron chi connectivity index (χ3n) is 1.90. The summed E-state index contributed by atoms with van der Waals surface area (Å²) >= 11 is 0. The zero-order valence-electron chi connectivity index (χ0n) is 10.9. The Balaban J connectivity index is 2.81. The highest BCUT2D eigenvalue weighted by atomic mass is 15.1. The van der Waals surface area contributed by atoms with Crippen LogP contribution in [0.3, 0.4) is 0 Å². The van der Waals surface area contributed by atoms with Crippen LogP contribution >= 0.6 is 0 Å². The molecule has 90 valence electrons. The maximum absolute atomic E-state index is 4.37. The van der Waals surface area contributed by atoms with Gasteiger partial charge in [0.15, 0.2) is 0 Å². The van der Waals surface area contributed by atoms with E-state index >= 15 is 0 Å². The molecule has 0 bridgehead atoms.